The van der Waals surface area contributed by atoms with E-state index in [4.69, 9.17) is 11.1 Å². The minimum Gasteiger partial charge on any atom is -0.387 e. The Kier molecular flexibility index (Phi) is 3.99. The molecular weight excluding hydrogens is 232 g/mol. The van der Waals surface area contributed by atoms with Crippen molar-refractivity contribution >= 4 is 41.0 Å². The van der Waals surface area contributed by atoms with Crippen LogP contribution in [0.3, 0.4) is 0 Å². The van der Waals surface area contributed by atoms with Gasteiger partial charge in [-0.25, -0.2) is 4.98 Å². The second-order valence-electron chi connectivity index (χ2n) is 2.87. The third-order valence-corrected chi connectivity index (χ3v) is 2.65. The molecule has 0 atom stereocenters. The van der Waals surface area contributed by atoms with Gasteiger partial charge in [0.2, 0.25) is 0 Å². The van der Waals surface area contributed by atoms with E-state index >= 15 is 0 Å². The van der Waals surface area contributed by atoms with Crippen LogP contribution in [0.15, 0.2) is 29.4 Å². The molecule has 4 nitrogen and oxygen atoms in total. The summed E-state index contributed by atoms with van der Waals surface area (Å²) in [6, 6.07) is 7.83. The number of H-pyrrole nitrogens is 1. The van der Waals surface area contributed by atoms with Crippen LogP contribution in [-0.4, -0.2) is 21.6 Å². The fraction of sp³-hybridized carbons (Fsp3) is 0.111. The van der Waals surface area contributed by atoms with Gasteiger partial charge >= 0.3 is 0 Å². The van der Waals surface area contributed by atoms with Gasteiger partial charge in [-0.3, -0.25) is 5.41 Å². The molecule has 0 saturated carbocycles. The molecule has 0 saturated heterocycles. The Morgan fingerprint density at radius 1 is 1.47 bits per heavy atom. The molecule has 1 heterocycles. The minimum absolute atomic E-state index is 0. The summed E-state index contributed by atoms with van der Waals surface area (Å²) in [5.41, 5.74) is 7.21. The maximum atomic E-state index is 7.09. The number of nitrogens with zero attached hydrogens (tertiary/aromatic N) is 1. The Balaban J connectivity index is 0.00000112. The summed E-state index contributed by atoms with van der Waals surface area (Å²) in [6.45, 7) is 0. The number of imidazole rings is 1. The summed E-state index contributed by atoms with van der Waals surface area (Å²) in [4.78, 5) is 7.49. The van der Waals surface area contributed by atoms with E-state index in [1.807, 2.05) is 24.3 Å². The summed E-state index contributed by atoms with van der Waals surface area (Å²) in [6.07, 6.45) is 0. The lowest BCUT2D eigenvalue weighted by Gasteiger charge is -1.93. The van der Waals surface area contributed by atoms with Crippen molar-refractivity contribution in [3.8, 4) is 0 Å². The van der Waals surface area contributed by atoms with Crippen LogP contribution in [0.5, 0.6) is 0 Å². The van der Waals surface area contributed by atoms with Gasteiger partial charge in [-0.05, 0) is 12.1 Å². The highest BCUT2D eigenvalue weighted by Crippen LogP contribution is 2.18. The van der Waals surface area contributed by atoms with Crippen molar-refractivity contribution < 1.29 is 0 Å². The molecule has 80 valence electrons. The van der Waals surface area contributed by atoms with Crippen molar-refractivity contribution in [2.24, 2.45) is 5.73 Å². The summed E-state index contributed by atoms with van der Waals surface area (Å²) < 4.78 is 0. The number of aromatic amines is 1. The number of hydrogen-bond acceptors (Lipinski definition) is 3. The minimum atomic E-state index is 0. The van der Waals surface area contributed by atoms with Crippen molar-refractivity contribution in [3.05, 3.63) is 24.3 Å². The zero-order valence-corrected chi connectivity index (χ0v) is 9.49. The van der Waals surface area contributed by atoms with Gasteiger partial charge in [-0.2, -0.15) is 0 Å². The van der Waals surface area contributed by atoms with Crippen molar-refractivity contribution in [3.63, 3.8) is 0 Å². The van der Waals surface area contributed by atoms with E-state index in [1.54, 1.807) is 0 Å². The van der Waals surface area contributed by atoms with E-state index in [9.17, 15) is 0 Å². The molecule has 15 heavy (non-hydrogen) atoms. The zero-order chi connectivity index (χ0) is 9.97. The first-order chi connectivity index (χ1) is 6.75. The SMILES string of the molecule is Cl.N=C(N)CSc1nc2ccccc2[nH]1. The Bertz CT molecular complexity index is 435. The number of amidine groups is 1. The van der Waals surface area contributed by atoms with Crippen LogP contribution >= 0.6 is 24.2 Å². The molecule has 6 heteroatoms. The Hall–Kier alpha value is -1.20. The normalized spacial score (nSPS) is 9.87. The van der Waals surface area contributed by atoms with Gasteiger partial charge in [-0.15, -0.1) is 12.4 Å². The quantitative estimate of drug-likeness (QED) is 0.438. The molecule has 0 amide bonds. The van der Waals surface area contributed by atoms with Crippen molar-refractivity contribution in [1.82, 2.24) is 9.97 Å². The summed E-state index contributed by atoms with van der Waals surface area (Å²) in [5.74, 6) is 0.635. The molecular formula is C9H11ClN4S. The van der Waals surface area contributed by atoms with Gasteiger partial charge in [0, 0.05) is 0 Å². The van der Waals surface area contributed by atoms with Gasteiger partial charge in [0.1, 0.15) is 5.84 Å². The van der Waals surface area contributed by atoms with E-state index < -0.39 is 0 Å². The van der Waals surface area contributed by atoms with E-state index in [0.717, 1.165) is 16.2 Å². The second-order valence-corrected chi connectivity index (χ2v) is 3.84. The molecule has 2 rings (SSSR count). The Labute approximate surface area is 97.6 Å². The molecule has 1 aromatic carbocycles. The van der Waals surface area contributed by atoms with Crippen molar-refractivity contribution in [2.45, 2.75) is 5.16 Å². The molecule has 0 fully saturated rings. The first-order valence-corrected chi connectivity index (χ1v) is 5.15. The van der Waals surface area contributed by atoms with Crippen molar-refractivity contribution in [2.75, 3.05) is 5.75 Å². The van der Waals surface area contributed by atoms with Gasteiger partial charge in [0.05, 0.1) is 16.8 Å². The molecule has 1 aromatic heterocycles. The van der Waals surface area contributed by atoms with Gasteiger partial charge in [0.25, 0.3) is 0 Å². The van der Waals surface area contributed by atoms with Crippen LogP contribution in [0.2, 0.25) is 0 Å². The van der Waals surface area contributed by atoms with Crippen LogP contribution in [0.4, 0.5) is 0 Å². The number of fused-ring (bicyclic) bond motifs is 1. The highest BCUT2D eigenvalue weighted by Gasteiger charge is 2.02. The van der Waals surface area contributed by atoms with E-state index in [-0.39, 0.29) is 18.2 Å². The van der Waals surface area contributed by atoms with E-state index in [2.05, 4.69) is 9.97 Å². The summed E-state index contributed by atoms with van der Waals surface area (Å²) in [7, 11) is 0. The average Bonchev–Trinajstić information content (AvgIpc) is 2.57. The standard InChI is InChI=1S/C9H10N4S.ClH/c10-8(11)5-14-9-12-6-3-1-2-4-7(6)13-9;/h1-4H,5H2,(H3,10,11)(H,12,13);1H. The number of aromatic nitrogens is 2. The van der Waals surface area contributed by atoms with Crippen LogP contribution in [0.1, 0.15) is 0 Å². The highest BCUT2D eigenvalue weighted by atomic mass is 35.5. The van der Waals surface area contributed by atoms with Gasteiger partial charge in [-0.1, -0.05) is 23.9 Å². The highest BCUT2D eigenvalue weighted by molar-refractivity contribution is 7.99. The molecule has 0 aliphatic rings. The lowest BCUT2D eigenvalue weighted by atomic mass is 10.3. The van der Waals surface area contributed by atoms with Crippen LogP contribution < -0.4 is 5.73 Å². The summed E-state index contributed by atoms with van der Waals surface area (Å²) in [5, 5.41) is 7.90. The predicted molar refractivity (Wildman–Crippen MR) is 66.0 cm³/mol. The van der Waals surface area contributed by atoms with Gasteiger partial charge < -0.3 is 10.7 Å². The largest absolute Gasteiger partial charge is 0.387 e. The number of hydrogen-bond donors (Lipinski definition) is 3. The maximum absolute atomic E-state index is 7.09. The molecule has 2 aromatic rings. The lowest BCUT2D eigenvalue weighted by molar-refractivity contribution is 1.08. The van der Waals surface area contributed by atoms with Crippen LogP contribution in [0.25, 0.3) is 11.0 Å². The van der Waals surface area contributed by atoms with E-state index in [0.29, 0.717) is 5.75 Å². The number of thioether (sulfide) groups is 1. The number of nitrogens with one attached hydrogen (secondary N) is 2. The first kappa shape index (κ1) is 11.9. The van der Waals surface area contributed by atoms with Gasteiger partial charge in [0.15, 0.2) is 5.16 Å². The molecule has 0 bridgehead atoms. The molecule has 0 spiro atoms. The number of para-hydroxylation sites is 2. The van der Waals surface area contributed by atoms with Crippen LogP contribution in [-0.2, 0) is 0 Å². The number of rotatable bonds is 3. The maximum Gasteiger partial charge on any atom is 0.166 e. The number of benzene rings is 1. The van der Waals surface area contributed by atoms with Crippen LogP contribution in [0, 0.1) is 5.41 Å². The average molecular weight is 243 g/mol. The van der Waals surface area contributed by atoms with E-state index in [1.165, 1.54) is 11.8 Å². The number of nitrogens with two attached hydrogens (primary N) is 1. The molecule has 0 unspecified atom stereocenters. The monoisotopic (exact) mass is 242 g/mol. The lowest BCUT2D eigenvalue weighted by Crippen LogP contribution is -2.12. The predicted octanol–water partition coefficient (Wildman–Crippen LogP) is 2.01. The molecule has 0 radical (unpaired) electrons. The molecule has 0 aliphatic heterocycles. The molecule has 0 aliphatic carbocycles. The second kappa shape index (κ2) is 5.04. The first-order valence-electron chi connectivity index (χ1n) is 4.16. The fourth-order valence-corrected chi connectivity index (χ4v) is 1.78. The third-order valence-electron chi connectivity index (χ3n) is 1.73. The zero-order valence-electron chi connectivity index (χ0n) is 7.86. The molecule has 4 N–H and O–H groups in total. The third kappa shape index (κ3) is 2.87. The fourth-order valence-electron chi connectivity index (χ4n) is 1.14. The number of halogens is 1. The smallest absolute Gasteiger partial charge is 0.166 e. The van der Waals surface area contributed by atoms with Crippen molar-refractivity contribution in [1.29, 1.82) is 5.41 Å². The topological polar surface area (TPSA) is 78.6 Å². The Morgan fingerprint density at radius 2 is 2.20 bits per heavy atom. The summed E-state index contributed by atoms with van der Waals surface area (Å²) >= 11 is 1.44. The Morgan fingerprint density at radius 3 is 2.87 bits per heavy atom.